The van der Waals surface area contributed by atoms with Crippen molar-refractivity contribution in [3.8, 4) is 17.4 Å². The van der Waals surface area contributed by atoms with Crippen molar-refractivity contribution in [1.29, 1.82) is 5.41 Å². The maximum Gasteiger partial charge on any atom is 0.242 e. The Balaban J connectivity index is 1.74. The first-order chi connectivity index (χ1) is 17.7. The molecule has 3 aromatic rings. The van der Waals surface area contributed by atoms with Crippen molar-refractivity contribution >= 4 is 11.4 Å². The molecule has 2 heterocycles. The Morgan fingerprint density at radius 2 is 1.81 bits per heavy atom. The van der Waals surface area contributed by atoms with Gasteiger partial charge in [0, 0.05) is 22.3 Å². The zero-order valence-electron chi connectivity index (χ0n) is 22.9. The number of methoxy groups -OCH3 is 1. The Bertz CT molecular complexity index is 1350. The summed E-state index contributed by atoms with van der Waals surface area (Å²) in [5.41, 5.74) is 3.95. The van der Waals surface area contributed by atoms with Crippen molar-refractivity contribution in [3.63, 3.8) is 0 Å². The van der Waals surface area contributed by atoms with E-state index < -0.39 is 0 Å². The van der Waals surface area contributed by atoms with Crippen molar-refractivity contribution in [1.82, 2.24) is 19.4 Å². The summed E-state index contributed by atoms with van der Waals surface area (Å²) in [6.45, 7) is 11.2. The number of benzene rings is 1. The number of nitrogens with one attached hydrogen (secondary N) is 1. The molecule has 0 saturated heterocycles. The Labute approximate surface area is 218 Å². The second-order valence-corrected chi connectivity index (χ2v) is 10.5. The molecule has 0 fully saturated rings. The van der Waals surface area contributed by atoms with E-state index in [-0.39, 0.29) is 23.4 Å². The van der Waals surface area contributed by atoms with E-state index in [1.54, 1.807) is 13.2 Å². The normalized spacial score (nSPS) is 13.5. The van der Waals surface area contributed by atoms with E-state index in [4.69, 9.17) is 19.6 Å². The smallest absolute Gasteiger partial charge is 0.242 e. The fourth-order valence-electron chi connectivity index (χ4n) is 4.79. The lowest BCUT2D eigenvalue weighted by Gasteiger charge is -2.25. The molecule has 1 aliphatic carbocycles. The number of ketones is 1. The standard InChI is InChI=1S/C28H39N5O4/c1-7-9-14-37-23-16-18(15-21(24(23)35-6)28(3,4)5)22(34)17-32-27(29)33-25(30-32)19-12-10-11-13-20(19)26(31-33)36-8-2/h15-16,29H,7-14,17H2,1-6H3. The number of fused-ring (bicyclic) bond motifs is 3. The van der Waals surface area contributed by atoms with Crippen molar-refractivity contribution in [3.05, 3.63) is 40.0 Å². The third-order valence-corrected chi connectivity index (χ3v) is 6.77. The summed E-state index contributed by atoms with van der Waals surface area (Å²) >= 11 is 0. The molecule has 9 heteroatoms. The van der Waals surface area contributed by atoms with Gasteiger partial charge in [0.05, 0.1) is 20.3 Å². The summed E-state index contributed by atoms with van der Waals surface area (Å²) in [6, 6.07) is 3.63. The Hall–Kier alpha value is -3.36. The quantitative estimate of drug-likeness (QED) is 0.315. The first-order valence-corrected chi connectivity index (χ1v) is 13.3. The van der Waals surface area contributed by atoms with Gasteiger partial charge in [-0.1, -0.05) is 34.1 Å². The SMILES string of the molecule is CCCCOc1cc(C(=O)Cn2nc3c4c(c(OCC)nn3c2=N)CCCC4)cc(C(C)(C)C)c1OC. The van der Waals surface area contributed by atoms with Crippen LogP contribution in [0.25, 0.3) is 5.65 Å². The third-order valence-electron chi connectivity index (χ3n) is 6.77. The maximum atomic E-state index is 13.6. The number of rotatable bonds is 10. The lowest BCUT2D eigenvalue weighted by molar-refractivity contribution is 0.0964. The minimum atomic E-state index is -0.264. The number of carbonyl (C=O) groups is 1. The fourth-order valence-corrected chi connectivity index (χ4v) is 4.79. The van der Waals surface area contributed by atoms with Crippen LogP contribution in [-0.2, 0) is 24.8 Å². The van der Waals surface area contributed by atoms with Crippen molar-refractivity contribution in [2.75, 3.05) is 20.3 Å². The van der Waals surface area contributed by atoms with E-state index in [1.807, 2.05) is 13.0 Å². The number of ether oxygens (including phenoxy) is 3. The summed E-state index contributed by atoms with van der Waals surface area (Å²) < 4.78 is 20.5. The van der Waals surface area contributed by atoms with Gasteiger partial charge in [0.1, 0.15) is 6.54 Å². The van der Waals surface area contributed by atoms with Gasteiger partial charge in [-0.2, -0.15) is 4.52 Å². The zero-order valence-corrected chi connectivity index (χ0v) is 22.9. The Morgan fingerprint density at radius 3 is 2.46 bits per heavy atom. The van der Waals surface area contributed by atoms with Gasteiger partial charge >= 0.3 is 0 Å². The van der Waals surface area contributed by atoms with E-state index in [0.717, 1.165) is 55.2 Å². The van der Waals surface area contributed by atoms with Crippen molar-refractivity contribution < 1.29 is 19.0 Å². The molecule has 1 N–H and O–H groups in total. The van der Waals surface area contributed by atoms with Crippen LogP contribution in [0.2, 0.25) is 0 Å². The molecule has 0 radical (unpaired) electrons. The summed E-state index contributed by atoms with van der Waals surface area (Å²) in [6.07, 6.45) is 5.79. The molecular formula is C28H39N5O4. The summed E-state index contributed by atoms with van der Waals surface area (Å²) in [4.78, 5) is 13.6. The molecule has 0 saturated carbocycles. The van der Waals surface area contributed by atoms with Gasteiger partial charge in [0.2, 0.25) is 11.5 Å². The van der Waals surface area contributed by atoms with Crippen LogP contribution in [0, 0.1) is 5.41 Å². The molecular weight excluding hydrogens is 470 g/mol. The van der Waals surface area contributed by atoms with Crippen LogP contribution in [0.15, 0.2) is 12.1 Å². The topological polar surface area (TPSA) is 104 Å². The maximum absolute atomic E-state index is 13.6. The third kappa shape index (κ3) is 5.36. The molecule has 200 valence electrons. The highest BCUT2D eigenvalue weighted by atomic mass is 16.5. The number of hydrogen-bond donors (Lipinski definition) is 1. The number of unbranched alkanes of at least 4 members (excludes halogenated alkanes) is 1. The first-order valence-electron chi connectivity index (χ1n) is 13.3. The van der Waals surface area contributed by atoms with E-state index in [2.05, 4.69) is 37.9 Å². The largest absolute Gasteiger partial charge is 0.493 e. The van der Waals surface area contributed by atoms with Gasteiger partial charge < -0.3 is 14.2 Å². The van der Waals surface area contributed by atoms with Crippen LogP contribution in [0.4, 0.5) is 0 Å². The predicted octanol–water partition coefficient (Wildman–Crippen LogP) is 4.66. The first kappa shape index (κ1) is 26.7. The molecule has 0 spiro atoms. The van der Waals surface area contributed by atoms with Gasteiger partial charge in [-0.25, -0.2) is 4.68 Å². The molecule has 1 aromatic carbocycles. The van der Waals surface area contributed by atoms with Crippen LogP contribution in [0.1, 0.15) is 87.4 Å². The van der Waals surface area contributed by atoms with Crippen LogP contribution in [0.3, 0.4) is 0 Å². The molecule has 0 unspecified atom stereocenters. The van der Waals surface area contributed by atoms with Crippen LogP contribution in [-0.4, -0.2) is 45.5 Å². The summed E-state index contributed by atoms with van der Waals surface area (Å²) in [5.74, 6) is 1.62. The second-order valence-electron chi connectivity index (χ2n) is 10.5. The summed E-state index contributed by atoms with van der Waals surface area (Å²) in [7, 11) is 1.63. The van der Waals surface area contributed by atoms with Gasteiger partial charge in [0.25, 0.3) is 0 Å². The highest BCUT2D eigenvalue weighted by Gasteiger charge is 2.26. The van der Waals surface area contributed by atoms with E-state index >= 15 is 0 Å². The number of hydrogen-bond acceptors (Lipinski definition) is 7. The highest BCUT2D eigenvalue weighted by molar-refractivity contribution is 5.97. The highest BCUT2D eigenvalue weighted by Crippen LogP contribution is 2.40. The summed E-state index contributed by atoms with van der Waals surface area (Å²) in [5, 5.41) is 18.0. The van der Waals surface area contributed by atoms with E-state index in [9.17, 15) is 4.79 Å². The lowest BCUT2D eigenvalue weighted by atomic mass is 9.84. The zero-order chi connectivity index (χ0) is 26.7. The van der Waals surface area contributed by atoms with Gasteiger partial charge in [-0.05, 0) is 56.6 Å². The van der Waals surface area contributed by atoms with Gasteiger partial charge in [-0.3, -0.25) is 10.2 Å². The number of carbonyl (C=O) groups excluding carboxylic acids is 1. The van der Waals surface area contributed by atoms with Gasteiger partial charge in [0.15, 0.2) is 22.9 Å². The minimum Gasteiger partial charge on any atom is -0.493 e. The molecule has 1 aliphatic rings. The van der Waals surface area contributed by atoms with E-state index in [0.29, 0.717) is 41.8 Å². The van der Waals surface area contributed by atoms with Gasteiger partial charge in [-0.15, -0.1) is 10.2 Å². The predicted molar refractivity (Wildman–Crippen MR) is 141 cm³/mol. The average molecular weight is 510 g/mol. The molecule has 37 heavy (non-hydrogen) atoms. The number of nitrogens with zero attached hydrogens (tertiary/aromatic N) is 4. The Morgan fingerprint density at radius 1 is 1.08 bits per heavy atom. The molecule has 0 bridgehead atoms. The lowest BCUT2D eigenvalue weighted by Crippen LogP contribution is -2.27. The molecule has 4 rings (SSSR count). The van der Waals surface area contributed by atoms with Crippen LogP contribution < -0.4 is 19.8 Å². The molecule has 0 amide bonds. The average Bonchev–Trinajstić information content (AvgIpc) is 3.18. The molecule has 9 nitrogen and oxygen atoms in total. The molecule has 0 aliphatic heterocycles. The van der Waals surface area contributed by atoms with Crippen LogP contribution in [0.5, 0.6) is 17.4 Å². The number of aromatic nitrogens is 4. The van der Waals surface area contributed by atoms with E-state index in [1.165, 1.54) is 9.20 Å². The molecule has 2 aromatic heterocycles. The molecule has 0 atom stereocenters. The van der Waals surface area contributed by atoms with Crippen molar-refractivity contribution in [2.45, 2.75) is 85.1 Å². The minimum absolute atomic E-state index is 0.0432. The second kappa shape index (κ2) is 10.9. The Kier molecular flexibility index (Phi) is 7.90. The fraction of sp³-hybridized carbons (Fsp3) is 0.571. The number of aryl methyl sites for hydroxylation is 1. The van der Waals surface area contributed by atoms with Crippen molar-refractivity contribution in [2.24, 2.45) is 0 Å². The van der Waals surface area contributed by atoms with Crippen LogP contribution >= 0.6 is 0 Å². The number of Topliss-reactive ketones (excluding diaryl/α,β-unsaturated/α-hetero) is 1. The monoisotopic (exact) mass is 509 g/mol.